The van der Waals surface area contributed by atoms with Crippen LogP contribution >= 0.6 is 0 Å². The number of halogens is 3. The van der Waals surface area contributed by atoms with Crippen molar-refractivity contribution in [3.05, 3.63) is 12.3 Å². The van der Waals surface area contributed by atoms with Gasteiger partial charge in [0, 0.05) is 12.3 Å². The molecule has 1 heterocycles. The van der Waals surface area contributed by atoms with Gasteiger partial charge < -0.3 is 0 Å². The highest BCUT2D eigenvalue weighted by Crippen LogP contribution is 2.23. The molecule has 1 aliphatic rings. The molecule has 0 bridgehead atoms. The van der Waals surface area contributed by atoms with Crippen LogP contribution in [0, 0.1) is 6.08 Å². The van der Waals surface area contributed by atoms with Gasteiger partial charge in [-0.15, -0.1) is 0 Å². The quantitative estimate of drug-likeness (QED) is 0.533. The van der Waals surface area contributed by atoms with E-state index in [-0.39, 0.29) is 0 Å². The van der Waals surface area contributed by atoms with E-state index in [2.05, 4.69) is 4.84 Å². The minimum Gasteiger partial charge on any atom is -0.273 e. The average Bonchev–Trinajstić information content (AvgIpc) is 2.08. The van der Waals surface area contributed by atoms with Gasteiger partial charge >= 0.3 is 6.18 Å². The smallest absolute Gasteiger partial charge is 0.273 e. The fourth-order valence-electron chi connectivity index (χ4n) is 0.407. The largest absolute Gasteiger partial charge is 0.421 e. The molecule has 1 radical (unpaired) electrons. The lowest BCUT2D eigenvalue weighted by atomic mass is 10.3. The molecule has 9 heavy (non-hydrogen) atoms. The van der Waals surface area contributed by atoms with Gasteiger partial charge in [-0.3, -0.25) is 10.3 Å². The molecule has 0 amide bonds. The van der Waals surface area contributed by atoms with E-state index in [0.29, 0.717) is 0 Å². The zero-order valence-corrected chi connectivity index (χ0v) is 4.20. The summed E-state index contributed by atoms with van der Waals surface area (Å²) in [5.41, 5.74) is 1.92. The lowest BCUT2D eigenvalue weighted by Crippen LogP contribution is -2.29. The van der Waals surface area contributed by atoms with Gasteiger partial charge in [0.25, 0.3) is 0 Å². The Balaban J connectivity index is 2.53. The van der Waals surface area contributed by atoms with E-state index in [4.69, 9.17) is 0 Å². The summed E-state index contributed by atoms with van der Waals surface area (Å²) in [4.78, 5) is 3.98. The van der Waals surface area contributed by atoms with Crippen molar-refractivity contribution in [1.82, 2.24) is 5.48 Å². The van der Waals surface area contributed by atoms with Crippen LogP contribution in [-0.4, -0.2) is 12.3 Å². The highest BCUT2D eigenvalue weighted by molar-refractivity contribution is 4.87. The fraction of sp³-hybridized carbons (Fsp3) is 0.500. The van der Waals surface area contributed by atoms with E-state index in [1.165, 1.54) is 0 Å². The van der Waals surface area contributed by atoms with Crippen molar-refractivity contribution in [2.24, 2.45) is 0 Å². The first-order valence-corrected chi connectivity index (χ1v) is 2.16. The van der Waals surface area contributed by atoms with Crippen LogP contribution in [0.15, 0.2) is 6.20 Å². The molecule has 2 nitrogen and oxygen atoms in total. The standard InChI is InChI=1S/C4H3F3NO/c5-4(6,7)3-1-2-8-9-3/h2-3,8H. The molecule has 0 saturated carbocycles. The molecular weight excluding hydrogens is 135 g/mol. The van der Waals surface area contributed by atoms with Crippen molar-refractivity contribution >= 4 is 0 Å². The van der Waals surface area contributed by atoms with Crippen LogP contribution in [0.5, 0.6) is 0 Å². The van der Waals surface area contributed by atoms with E-state index >= 15 is 0 Å². The maximum atomic E-state index is 11.5. The molecule has 0 aromatic rings. The van der Waals surface area contributed by atoms with Crippen molar-refractivity contribution in [2.45, 2.75) is 12.3 Å². The molecule has 0 spiro atoms. The summed E-state index contributed by atoms with van der Waals surface area (Å²) < 4.78 is 34.5. The second kappa shape index (κ2) is 1.91. The monoisotopic (exact) mass is 138 g/mol. The Bertz CT molecular complexity index is 130. The Hall–Kier alpha value is -0.710. The molecule has 1 N–H and O–H groups in total. The topological polar surface area (TPSA) is 21.3 Å². The van der Waals surface area contributed by atoms with Crippen molar-refractivity contribution in [2.75, 3.05) is 0 Å². The molecule has 0 fully saturated rings. The Labute approximate surface area is 49.3 Å². The predicted molar refractivity (Wildman–Crippen MR) is 21.9 cm³/mol. The summed E-state index contributed by atoms with van der Waals surface area (Å²) in [6.07, 6.45) is -3.35. The van der Waals surface area contributed by atoms with Crippen molar-refractivity contribution in [3.8, 4) is 0 Å². The predicted octanol–water partition coefficient (Wildman–Crippen LogP) is 0.769. The van der Waals surface area contributed by atoms with Crippen molar-refractivity contribution in [3.63, 3.8) is 0 Å². The van der Waals surface area contributed by atoms with E-state index < -0.39 is 12.3 Å². The minimum atomic E-state index is -4.35. The maximum Gasteiger partial charge on any atom is 0.421 e. The Morgan fingerprint density at radius 1 is 1.56 bits per heavy atom. The lowest BCUT2D eigenvalue weighted by molar-refractivity contribution is -0.211. The third-order valence-corrected chi connectivity index (χ3v) is 0.777. The molecule has 0 aromatic heterocycles. The van der Waals surface area contributed by atoms with Crippen molar-refractivity contribution < 1.29 is 18.0 Å². The molecule has 1 unspecified atom stereocenters. The molecule has 51 valence electrons. The van der Waals surface area contributed by atoms with E-state index in [0.717, 1.165) is 6.20 Å². The average molecular weight is 138 g/mol. The van der Waals surface area contributed by atoms with Crippen LogP contribution in [0.25, 0.3) is 0 Å². The second-order valence-electron chi connectivity index (χ2n) is 1.47. The van der Waals surface area contributed by atoms with E-state index in [9.17, 15) is 13.2 Å². The number of hydrogen-bond acceptors (Lipinski definition) is 2. The minimum absolute atomic E-state index is 0.984. The summed E-state index contributed by atoms with van der Waals surface area (Å²) in [6.45, 7) is 0. The summed E-state index contributed by atoms with van der Waals surface area (Å²) in [6, 6.07) is 0. The molecular formula is C4H3F3NO. The van der Waals surface area contributed by atoms with Crippen molar-refractivity contribution in [1.29, 1.82) is 0 Å². The van der Waals surface area contributed by atoms with Gasteiger partial charge in [-0.2, -0.15) is 13.2 Å². The van der Waals surface area contributed by atoms with Gasteiger partial charge in [-0.1, -0.05) is 0 Å². The number of nitrogens with one attached hydrogen (secondary N) is 1. The van der Waals surface area contributed by atoms with E-state index in [1.54, 1.807) is 0 Å². The lowest BCUT2D eigenvalue weighted by Gasteiger charge is -2.09. The molecule has 0 aromatic carbocycles. The highest BCUT2D eigenvalue weighted by atomic mass is 19.4. The molecule has 1 aliphatic heterocycles. The maximum absolute atomic E-state index is 11.5. The van der Waals surface area contributed by atoms with Gasteiger partial charge in [0.1, 0.15) is 0 Å². The van der Waals surface area contributed by atoms with Crippen LogP contribution in [0.3, 0.4) is 0 Å². The van der Waals surface area contributed by atoms with Crippen LogP contribution in [-0.2, 0) is 4.84 Å². The fourth-order valence-corrected chi connectivity index (χ4v) is 0.407. The van der Waals surface area contributed by atoms with Gasteiger partial charge in [0.15, 0.2) is 0 Å². The highest BCUT2D eigenvalue weighted by Gasteiger charge is 2.41. The molecule has 1 rings (SSSR count). The van der Waals surface area contributed by atoms with E-state index in [1.807, 2.05) is 11.6 Å². The summed E-state index contributed by atoms with van der Waals surface area (Å²) in [7, 11) is 0. The number of hydroxylamine groups is 1. The summed E-state index contributed by atoms with van der Waals surface area (Å²) in [5.74, 6) is 0. The third kappa shape index (κ3) is 1.35. The first-order chi connectivity index (χ1) is 4.11. The van der Waals surface area contributed by atoms with Gasteiger partial charge in [0.05, 0.1) is 0 Å². The Morgan fingerprint density at radius 2 is 2.22 bits per heavy atom. The van der Waals surface area contributed by atoms with Crippen LogP contribution in [0.4, 0.5) is 13.2 Å². The van der Waals surface area contributed by atoms with Gasteiger partial charge in [0.2, 0.25) is 6.10 Å². The Kier molecular flexibility index (Phi) is 1.36. The number of alkyl halides is 3. The molecule has 1 atom stereocenters. The van der Waals surface area contributed by atoms with Crippen LogP contribution < -0.4 is 5.48 Å². The summed E-state index contributed by atoms with van der Waals surface area (Å²) in [5, 5.41) is 0. The van der Waals surface area contributed by atoms with Gasteiger partial charge in [-0.05, 0) is 0 Å². The molecule has 5 heteroatoms. The first-order valence-electron chi connectivity index (χ1n) is 2.16. The Morgan fingerprint density at radius 3 is 2.44 bits per heavy atom. The third-order valence-electron chi connectivity index (χ3n) is 0.777. The molecule has 0 aliphatic carbocycles. The normalized spacial score (nSPS) is 26.3. The van der Waals surface area contributed by atoms with Crippen LogP contribution in [0.1, 0.15) is 0 Å². The second-order valence-corrected chi connectivity index (χ2v) is 1.47. The summed E-state index contributed by atoms with van der Waals surface area (Å²) >= 11 is 0. The zero-order valence-electron chi connectivity index (χ0n) is 4.20. The number of hydrogen-bond donors (Lipinski definition) is 1. The first kappa shape index (κ1) is 6.41. The van der Waals surface area contributed by atoms with Gasteiger partial charge in [-0.25, -0.2) is 0 Å². The number of rotatable bonds is 0. The SMILES string of the molecule is FC(F)(F)C1[C]=CNO1. The van der Waals surface area contributed by atoms with Crippen LogP contribution in [0.2, 0.25) is 0 Å². The zero-order chi connectivity index (χ0) is 6.91. The molecule has 0 saturated heterocycles.